The highest BCUT2D eigenvalue weighted by Gasteiger charge is 2.06. The van der Waals surface area contributed by atoms with Crippen molar-refractivity contribution in [2.45, 2.75) is 0 Å². The lowest BCUT2D eigenvalue weighted by Crippen LogP contribution is -1.90. The zero-order valence-electron chi connectivity index (χ0n) is 10.5. The summed E-state index contributed by atoms with van der Waals surface area (Å²) in [7, 11) is 1.65. The van der Waals surface area contributed by atoms with Gasteiger partial charge in [0.1, 0.15) is 11.5 Å². The van der Waals surface area contributed by atoms with Crippen LogP contribution in [-0.2, 0) is 0 Å². The fraction of sp³-hybridized carbons (Fsp3) is 0.0625. The average molecular weight is 251 g/mol. The average Bonchev–Trinajstić information content (AvgIpc) is 2.48. The van der Waals surface area contributed by atoms with Crippen LogP contribution in [0.25, 0.3) is 10.8 Å². The van der Waals surface area contributed by atoms with Crippen LogP contribution in [0.1, 0.15) is 0 Å². The second-order valence-corrected chi connectivity index (χ2v) is 4.12. The van der Waals surface area contributed by atoms with E-state index >= 15 is 0 Å². The van der Waals surface area contributed by atoms with E-state index < -0.39 is 0 Å². The number of methoxy groups -OCH3 is 1. The molecular weight excluding hydrogens is 238 g/mol. The standard InChI is InChI=1S/C16H13NO2/c1-18-14-8-7-12-9-10-17-16(15(12)11-14)19-13-5-3-2-4-6-13/h2-11H,1H3. The highest BCUT2D eigenvalue weighted by atomic mass is 16.5. The quantitative estimate of drug-likeness (QED) is 0.704. The van der Waals surface area contributed by atoms with Crippen molar-refractivity contribution >= 4 is 10.8 Å². The van der Waals surface area contributed by atoms with Crippen LogP contribution in [0.2, 0.25) is 0 Å². The van der Waals surface area contributed by atoms with Crippen molar-refractivity contribution in [1.82, 2.24) is 4.98 Å². The van der Waals surface area contributed by atoms with Gasteiger partial charge in [-0.3, -0.25) is 0 Å². The monoisotopic (exact) mass is 251 g/mol. The van der Waals surface area contributed by atoms with E-state index in [2.05, 4.69) is 4.98 Å². The number of benzene rings is 2. The van der Waals surface area contributed by atoms with E-state index in [9.17, 15) is 0 Å². The number of pyridine rings is 1. The summed E-state index contributed by atoms with van der Waals surface area (Å²) in [5.41, 5.74) is 0. The number of hydrogen-bond acceptors (Lipinski definition) is 3. The van der Waals surface area contributed by atoms with Crippen LogP contribution >= 0.6 is 0 Å². The van der Waals surface area contributed by atoms with Gasteiger partial charge in [-0.05, 0) is 35.7 Å². The number of hydrogen-bond donors (Lipinski definition) is 0. The van der Waals surface area contributed by atoms with Crippen LogP contribution in [0, 0.1) is 0 Å². The third-order valence-electron chi connectivity index (χ3n) is 2.89. The molecule has 2 aromatic carbocycles. The van der Waals surface area contributed by atoms with Crippen LogP contribution in [0.4, 0.5) is 0 Å². The predicted octanol–water partition coefficient (Wildman–Crippen LogP) is 4.04. The summed E-state index contributed by atoms with van der Waals surface area (Å²) in [5.74, 6) is 2.14. The first-order valence-corrected chi connectivity index (χ1v) is 6.02. The van der Waals surface area contributed by atoms with Crippen molar-refractivity contribution in [1.29, 1.82) is 0 Å². The molecule has 0 aliphatic carbocycles. The fourth-order valence-electron chi connectivity index (χ4n) is 1.93. The Bertz CT molecular complexity index is 695. The molecule has 0 fully saturated rings. The molecule has 3 aromatic rings. The van der Waals surface area contributed by atoms with Gasteiger partial charge in [-0.2, -0.15) is 0 Å². The minimum absolute atomic E-state index is 0.586. The SMILES string of the molecule is COc1ccc2ccnc(Oc3ccccc3)c2c1. The Labute approximate surface area is 111 Å². The maximum Gasteiger partial charge on any atom is 0.227 e. The van der Waals surface area contributed by atoms with Gasteiger partial charge in [0.05, 0.1) is 7.11 Å². The maximum atomic E-state index is 5.82. The topological polar surface area (TPSA) is 31.4 Å². The van der Waals surface area contributed by atoms with Crippen molar-refractivity contribution < 1.29 is 9.47 Å². The Balaban J connectivity index is 2.07. The van der Waals surface area contributed by atoms with Crippen molar-refractivity contribution in [3.8, 4) is 17.4 Å². The molecule has 0 saturated heterocycles. The molecule has 0 bridgehead atoms. The lowest BCUT2D eigenvalue weighted by Gasteiger charge is -2.08. The van der Waals surface area contributed by atoms with Gasteiger partial charge < -0.3 is 9.47 Å². The molecule has 0 aliphatic heterocycles. The van der Waals surface area contributed by atoms with Crippen LogP contribution < -0.4 is 9.47 Å². The van der Waals surface area contributed by atoms with Crippen LogP contribution in [0.3, 0.4) is 0 Å². The lowest BCUT2D eigenvalue weighted by atomic mass is 10.1. The molecule has 19 heavy (non-hydrogen) atoms. The van der Waals surface area contributed by atoms with Gasteiger partial charge in [-0.25, -0.2) is 4.98 Å². The van der Waals surface area contributed by atoms with E-state index in [0.29, 0.717) is 5.88 Å². The Morgan fingerprint density at radius 2 is 1.74 bits per heavy atom. The Morgan fingerprint density at radius 3 is 2.53 bits per heavy atom. The van der Waals surface area contributed by atoms with Gasteiger partial charge in [0.2, 0.25) is 5.88 Å². The summed E-state index contributed by atoms with van der Waals surface area (Å²) >= 11 is 0. The minimum Gasteiger partial charge on any atom is -0.497 e. The van der Waals surface area contributed by atoms with Gasteiger partial charge >= 0.3 is 0 Å². The van der Waals surface area contributed by atoms with E-state index in [1.807, 2.05) is 54.6 Å². The van der Waals surface area contributed by atoms with Crippen LogP contribution in [-0.4, -0.2) is 12.1 Å². The number of aromatic nitrogens is 1. The molecular formula is C16H13NO2. The summed E-state index contributed by atoms with van der Waals surface area (Å²) in [5, 5.41) is 2.01. The molecule has 0 aliphatic rings. The molecule has 0 radical (unpaired) electrons. The van der Waals surface area contributed by atoms with E-state index in [1.165, 1.54) is 0 Å². The van der Waals surface area contributed by atoms with Crippen molar-refractivity contribution in [3.05, 3.63) is 60.8 Å². The fourth-order valence-corrected chi connectivity index (χ4v) is 1.93. The molecule has 0 N–H and O–H groups in total. The van der Waals surface area contributed by atoms with E-state index in [0.717, 1.165) is 22.3 Å². The zero-order chi connectivity index (χ0) is 13.1. The Kier molecular flexibility index (Phi) is 3.02. The summed E-state index contributed by atoms with van der Waals surface area (Å²) < 4.78 is 11.1. The lowest BCUT2D eigenvalue weighted by molar-refractivity contribution is 0.415. The van der Waals surface area contributed by atoms with Gasteiger partial charge in [0, 0.05) is 11.6 Å². The number of para-hydroxylation sites is 1. The number of rotatable bonds is 3. The largest absolute Gasteiger partial charge is 0.497 e. The molecule has 0 unspecified atom stereocenters. The first kappa shape index (κ1) is 11.5. The second kappa shape index (κ2) is 4.98. The number of nitrogens with zero attached hydrogens (tertiary/aromatic N) is 1. The maximum absolute atomic E-state index is 5.82. The molecule has 0 atom stereocenters. The molecule has 94 valence electrons. The third-order valence-corrected chi connectivity index (χ3v) is 2.89. The molecule has 1 heterocycles. The molecule has 3 rings (SSSR count). The van der Waals surface area contributed by atoms with E-state index in [-0.39, 0.29) is 0 Å². The van der Waals surface area contributed by atoms with E-state index in [1.54, 1.807) is 13.3 Å². The van der Waals surface area contributed by atoms with Crippen LogP contribution in [0.15, 0.2) is 60.8 Å². The summed E-state index contributed by atoms with van der Waals surface area (Å²) in [6.07, 6.45) is 1.74. The molecule has 0 spiro atoms. The number of fused-ring (bicyclic) bond motifs is 1. The van der Waals surface area contributed by atoms with E-state index in [4.69, 9.17) is 9.47 Å². The zero-order valence-corrected chi connectivity index (χ0v) is 10.5. The summed E-state index contributed by atoms with van der Waals surface area (Å²) in [4.78, 5) is 4.30. The highest BCUT2D eigenvalue weighted by molar-refractivity contribution is 5.88. The Hall–Kier alpha value is -2.55. The second-order valence-electron chi connectivity index (χ2n) is 4.12. The summed E-state index contributed by atoms with van der Waals surface area (Å²) in [6, 6.07) is 17.4. The third kappa shape index (κ3) is 2.36. The normalized spacial score (nSPS) is 10.4. The predicted molar refractivity (Wildman–Crippen MR) is 74.8 cm³/mol. The molecule has 3 heteroatoms. The number of ether oxygens (including phenoxy) is 2. The van der Waals surface area contributed by atoms with Crippen molar-refractivity contribution in [3.63, 3.8) is 0 Å². The van der Waals surface area contributed by atoms with Gasteiger partial charge in [0.25, 0.3) is 0 Å². The summed E-state index contributed by atoms with van der Waals surface area (Å²) in [6.45, 7) is 0. The van der Waals surface area contributed by atoms with Crippen LogP contribution in [0.5, 0.6) is 17.4 Å². The van der Waals surface area contributed by atoms with Crippen molar-refractivity contribution in [2.75, 3.05) is 7.11 Å². The Morgan fingerprint density at radius 1 is 0.895 bits per heavy atom. The van der Waals surface area contributed by atoms with Gasteiger partial charge in [0.15, 0.2) is 0 Å². The molecule has 3 nitrogen and oxygen atoms in total. The molecule has 0 saturated carbocycles. The van der Waals surface area contributed by atoms with Gasteiger partial charge in [-0.15, -0.1) is 0 Å². The first-order chi connectivity index (χ1) is 9.36. The smallest absolute Gasteiger partial charge is 0.227 e. The van der Waals surface area contributed by atoms with Crippen molar-refractivity contribution in [2.24, 2.45) is 0 Å². The highest BCUT2D eigenvalue weighted by Crippen LogP contribution is 2.30. The first-order valence-electron chi connectivity index (χ1n) is 6.02. The minimum atomic E-state index is 0.586. The molecule has 0 amide bonds. The molecule has 1 aromatic heterocycles. The van der Waals surface area contributed by atoms with Gasteiger partial charge in [-0.1, -0.05) is 24.3 Å².